The number of hydrogen-bond donors (Lipinski definition) is 1. The maximum absolute atomic E-state index is 12.1. The highest BCUT2D eigenvalue weighted by Gasteiger charge is 2.15. The van der Waals surface area contributed by atoms with Crippen molar-refractivity contribution in [3.05, 3.63) is 59.5 Å². The van der Waals surface area contributed by atoms with Gasteiger partial charge in [0, 0.05) is 19.2 Å². The van der Waals surface area contributed by atoms with Gasteiger partial charge in [-0.05, 0) is 31.2 Å². The van der Waals surface area contributed by atoms with Crippen LogP contribution in [0.3, 0.4) is 0 Å². The molecule has 1 atom stereocenters. The molecule has 1 N–H and O–H groups in total. The highest BCUT2D eigenvalue weighted by atomic mass is 35.5. The molecule has 1 unspecified atom stereocenters. The molecule has 0 aliphatic rings. The third kappa shape index (κ3) is 3.65. The molecule has 0 fully saturated rings. The minimum absolute atomic E-state index is 0.205. The number of carbonyl (C=O) groups excluding carboxylic acids is 1. The summed E-state index contributed by atoms with van der Waals surface area (Å²) in [4.78, 5) is 12.1. The summed E-state index contributed by atoms with van der Waals surface area (Å²) in [5, 5.41) is 11.5. The average molecular weight is 345 g/mol. The molecule has 3 rings (SSSR count). The van der Waals surface area contributed by atoms with E-state index in [1.165, 1.54) is 0 Å². The van der Waals surface area contributed by atoms with Crippen molar-refractivity contribution in [1.29, 1.82) is 0 Å². The summed E-state index contributed by atoms with van der Waals surface area (Å²) in [5.41, 5.74) is 0.786. The van der Waals surface area contributed by atoms with Gasteiger partial charge in [0.2, 0.25) is 0 Å². The number of para-hydroxylation sites is 1. The van der Waals surface area contributed by atoms with Crippen LogP contribution in [0.5, 0.6) is 5.75 Å². The first-order valence-corrected chi connectivity index (χ1v) is 8.00. The molecule has 6 nitrogen and oxygen atoms in total. The molecule has 1 aromatic carbocycles. The minimum Gasteiger partial charge on any atom is -0.479 e. The summed E-state index contributed by atoms with van der Waals surface area (Å²) in [6.07, 6.45) is 1.84. The molecule has 0 aliphatic heterocycles. The fourth-order valence-corrected chi connectivity index (χ4v) is 2.47. The van der Waals surface area contributed by atoms with Gasteiger partial charge in [-0.25, -0.2) is 0 Å². The Balaban J connectivity index is 1.53. The van der Waals surface area contributed by atoms with Gasteiger partial charge in [-0.1, -0.05) is 29.8 Å². The van der Waals surface area contributed by atoms with Crippen molar-refractivity contribution in [2.24, 2.45) is 0 Å². The van der Waals surface area contributed by atoms with E-state index in [1.54, 1.807) is 19.1 Å². The van der Waals surface area contributed by atoms with Crippen LogP contribution >= 0.6 is 11.6 Å². The summed E-state index contributed by atoms with van der Waals surface area (Å²) >= 11 is 6.03. The molecule has 0 spiro atoms. The first-order chi connectivity index (χ1) is 11.6. The van der Waals surface area contributed by atoms with E-state index in [1.807, 2.05) is 40.9 Å². The summed E-state index contributed by atoms with van der Waals surface area (Å²) in [7, 11) is 0. The molecule has 2 aromatic heterocycles. The Bertz CT molecular complexity index is 849. The largest absolute Gasteiger partial charge is 0.479 e. The van der Waals surface area contributed by atoms with E-state index >= 15 is 0 Å². The number of fused-ring (bicyclic) bond motifs is 1. The molecular weight excluding hydrogens is 328 g/mol. The number of rotatable bonds is 6. The number of amides is 1. The Hall–Kier alpha value is -2.60. The van der Waals surface area contributed by atoms with E-state index in [0.29, 0.717) is 23.7 Å². The normalized spacial score (nSPS) is 12.1. The lowest BCUT2D eigenvalue weighted by atomic mass is 10.3. The van der Waals surface area contributed by atoms with E-state index < -0.39 is 6.10 Å². The fraction of sp³-hybridized carbons (Fsp3) is 0.235. The first-order valence-electron chi connectivity index (χ1n) is 7.62. The highest BCUT2D eigenvalue weighted by molar-refractivity contribution is 6.32. The molecule has 0 radical (unpaired) electrons. The van der Waals surface area contributed by atoms with Crippen LogP contribution in [0, 0.1) is 0 Å². The summed E-state index contributed by atoms with van der Waals surface area (Å²) < 4.78 is 7.49. The van der Waals surface area contributed by atoms with E-state index in [4.69, 9.17) is 16.3 Å². The summed E-state index contributed by atoms with van der Waals surface area (Å²) in [5.74, 6) is 1.08. The minimum atomic E-state index is -0.639. The molecule has 124 valence electrons. The van der Waals surface area contributed by atoms with Gasteiger partial charge >= 0.3 is 0 Å². The molecule has 0 aliphatic carbocycles. The van der Waals surface area contributed by atoms with Gasteiger partial charge in [0.05, 0.1) is 5.02 Å². The Morgan fingerprint density at radius 1 is 1.25 bits per heavy atom. The zero-order chi connectivity index (χ0) is 16.9. The Morgan fingerprint density at radius 3 is 2.88 bits per heavy atom. The van der Waals surface area contributed by atoms with Gasteiger partial charge in [-0.2, -0.15) is 0 Å². The average Bonchev–Trinajstić information content (AvgIpc) is 3.00. The number of benzene rings is 1. The Labute approximate surface area is 144 Å². The maximum atomic E-state index is 12.1. The first kappa shape index (κ1) is 16.3. The molecule has 0 saturated carbocycles. The quantitative estimate of drug-likeness (QED) is 0.746. The second-order valence-electron chi connectivity index (χ2n) is 5.28. The molecule has 7 heteroatoms. The number of halogens is 1. The number of nitrogens with one attached hydrogen (secondary N) is 1. The maximum Gasteiger partial charge on any atom is 0.260 e. The van der Waals surface area contributed by atoms with Gasteiger partial charge in [0.25, 0.3) is 5.91 Å². The van der Waals surface area contributed by atoms with Crippen LogP contribution in [0.25, 0.3) is 5.65 Å². The molecule has 24 heavy (non-hydrogen) atoms. The van der Waals surface area contributed by atoms with Crippen LogP contribution in [0.2, 0.25) is 5.02 Å². The van der Waals surface area contributed by atoms with E-state index in [2.05, 4.69) is 15.5 Å². The third-order valence-electron chi connectivity index (χ3n) is 3.54. The van der Waals surface area contributed by atoms with Gasteiger partial charge in [-0.3, -0.25) is 9.20 Å². The Kier molecular flexibility index (Phi) is 4.96. The number of nitrogens with zero attached hydrogens (tertiary/aromatic N) is 3. The lowest BCUT2D eigenvalue weighted by Gasteiger charge is -2.15. The topological polar surface area (TPSA) is 68.5 Å². The van der Waals surface area contributed by atoms with E-state index in [0.717, 1.165) is 11.5 Å². The predicted octanol–water partition coefficient (Wildman–Crippen LogP) is 2.51. The van der Waals surface area contributed by atoms with Crippen LogP contribution in [0.15, 0.2) is 48.7 Å². The molecular formula is C17H17ClN4O2. The van der Waals surface area contributed by atoms with Crippen molar-refractivity contribution in [2.75, 3.05) is 6.54 Å². The zero-order valence-electron chi connectivity index (χ0n) is 13.1. The lowest BCUT2D eigenvalue weighted by Crippen LogP contribution is -2.37. The number of aromatic nitrogens is 3. The number of hydrogen-bond acceptors (Lipinski definition) is 4. The monoisotopic (exact) mass is 344 g/mol. The third-order valence-corrected chi connectivity index (χ3v) is 3.85. The smallest absolute Gasteiger partial charge is 0.260 e. The zero-order valence-corrected chi connectivity index (χ0v) is 13.9. The fourth-order valence-electron chi connectivity index (χ4n) is 2.29. The second kappa shape index (κ2) is 7.31. The van der Waals surface area contributed by atoms with Crippen molar-refractivity contribution in [2.45, 2.75) is 19.4 Å². The van der Waals surface area contributed by atoms with Crippen molar-refractivity contribution >= 4 is 23.2 Å². The van der Waals surface area contributed by atoms with Crippen molar-refractivity contribution in [3.8, 4) is 5.75 Å². The van der Waals surface area contributed by atoms with Crippen molar-refractivity contribution in [1.82, 2.24) is 19.9 Å². The van der Waals surface area contributed by atoms with Crippen LogP contribution in [0.4, 0.5) is 0 Å². The molecule has 0 saturated heterocycles. The van der Waals surface area contributed by atoms with Gasteiger partial charge < -0.3 is 10.1 Å². The van der Waals surface area contributed by atoms with Crippen molar-refractivity contribution < 1.29 is 9.53 Å². The highest BCUT2D eigenvalue weighted by Crippen LogP contribution is 2.24. The van der Waals surface area contributed by atoms with Crippen LogP contribution in [-0.2, 0) is 11.2 Å². The summed E-state index contributed by atoms with van der Waals surface area (Å²) in [6, 6.07) is 12.8. The van der Waals surface area contributed by atoms with Gasteiger partial charge in [0.15, 0.2) is 11.8 Å². The predicted molar refractivity (Wildman–Crippen MR) is 91.2 cm³/mol. The standard InChI is InChI=1S/C17H17ClN4O2/c1-12(24-14-7-3-2-6-13(14)18)17(23)19-10-9-16-21-20-15-8-4-5-11-22(15)16/h2-8,11-12H,9-10H2,1H3,(H,19,23). The summed E-state index contributed by atoms with van der Waals surface area (Å²) in [6.45, 7) is 2.13. The lowest BCUT2D eigenvalue weighted by molar-refractivity contribution is -0.127. The van der Waals surface area contributed by atoms with Crippen LogP contribution in [-0.4, -0.2) is 33.2 Å². The van der Waals surface area contributed by atoms with E-state index in [-0.39, 0.29) is 5.91 Å². The molecule has 3 aromatic rings. The van der Waals surface area contributed by atoms with Crippen molar-refractivity contribution in [3.63, 3.8) is 0 Å². The molecule has 0 bridgehead atoms. The molecule has 2 heterocycles. The second-order valence-corrected chi connectivity index (χ2v) is 5.68. The van der Waals surface area contributed by atoms with Crippen LogP contribution in [0.1, 0.15) is 12.7 Å². The van der Waals surface area contributed by atoms with E-state index in [9.17, 15) is 4.79 Å². The molecule has 1 amide bonds. The SMILES string of the molecule is CC(Oc1ccccc1Cl)C(=O)NCCc1nnc2ccccn12. The number of ether oxygens (including phenoxy) is 1. The van der Waals surface area contributed by atoms with Gasteiger partial charge in [0.1, 0.15) is 11.6 Å². The number of carbonyl (C=O) groups is 1. The Morgan fingerprint density at radius 2 is 2.04 bits per heavy atom. The van der Waals surface area contributed by atoms with Crippen LogP contribution < -0.4 is 10.1 Å². The number of pyridine rings is 1. The van der Waals surface area contributed by atoms with Gasteiger partial charge in [-0.15, -0.1) is 10.2 Å².